The molecule has 0 spiro atoms. The van der Waals surface area contributed by atoms with Crippen molar-refractivity contribution in [3.05, 3.63) is 36.0 Å². The van der Waals surface area contributed by atoms with Crippen molar-refractivity contribution in [2.24, 2.45) is 0 Å². The topological polar surface area (TPSA) is 24.9 Å². The Morgan fingerprint density at radius 3 is 2.82 bits per heavy atom. The third-order valence-electron chi connectivity index (χ3n) is 3.35. The first-order valence-corrected chi connectivity index (χ1v) is 6.46. The fourth-order valence-corrected chi connectivity index (χ4v) is 2.47. The number of nitrogens with zero attached hydrogens (tertiary/aromatic N) is 1. The molecule has 3 heteroatoms. The van der Waals surface area contributed by atoms with Gasteiger partial charge in [0.25, 0.3) is 0 Å². The number of halogens is 1. The monoisotopic (exact) mass is 246 g/mol. The Bertz CT molecular complexity index is 561. The standard InChI is InChI=1S/C14H15ClN2/c1-10-8-13(17-14(9-15)6-7-14)11-4-2-3-5-12(11)16-10/h2-5,8H,6-7,9H2,1H3,(H,16,17). The summed E-state index contributed by atoms with van der Waals surface area (Å²) in [5, 5.41) is 4.77. The lowest BCUT2D eigenvalue weighted by Crippen LogP contribution is -2.23. The third-order valence-corrected chi connectivity index (χ3v) is 3.87. The van der Waals surface area contributed by atoms with E-state index in [-0.39, 0.29) is 5.54 Å². The van der Waals surface area contributed by atoms with E-state index < -0.39 is 0 Å². The van der Waals surface area contributed by atoms with Crippen molar-refractivity contribution in [3.8, 4) is 0 Å². The molecule has 0 saturated heterocycles. The minimum absolute atomic E-state index is 0.123. The van der Waals surface area contributed by atoms with Crippen LogP contribution >= 0.6 is 11.6 Å². The van der Waals surface area contributed by atoms with Crippen LogP contribution in [0.1, 0.15) is 18.5 Å². The van der Waals surface area contributed by atoms with Crippen LogP contribution in [0.3, 0.4) is 0 Å². The van der Waals surface area contributed by atoms with Crippen LogP contribution in [-0.4, -0.2) is 16.4 Å². The molecule has 2 aromatic rings. The van der Waals surface area contributed by atoms with Crippen LogP contribution in [0.2, 0.25) is 0 Å². The normalized spacial score (nSPS) is 17.1. The van der Waals surface area contributed by atoms with Gasteiger partial charge in [-0.15, -0.1) is 11.6 Å². The van der Waals surface area contributed by atoms with Crippen LogP contribution in [0.5, 0.6) is 0 Å². The molecule has 0 aliphatic heterocycles. The lowest BCUT2D eigenvalue weighted by atomic mass is 10.1. The van der Waals surface area contributed by atoms with Gasteiger partial charge in [0.05, 0.1) is 11.1 Å². The minimum Gasteiger partial charge on any atom is -0.378 e. The Hall–Kier alpha value is -1.28. The molecule has 0 radical (unpaired) electrons. The van der Waals surface area contributed by atoms with Gasteiger partial charge in [-0.1, -0.05) is 18.2 Å². The van der Waals surface area contributed by atoms with Gasteiger partial charge in [0.2, 0.25) is 0 Å². The second kappa shape index (κ2) is 3.88. The predicted molar refractivity (Wildman–Crippen MR) is 72.8 cm³/mol. The molecule has 1 aliphatic carbocycles. The number of anilines is 1. The number of alkyl halides is 1. The quantitative estimate of drug-likeness (QED) is 0.835. The van der Waals surface area contributed by atoms with Crippen molar-refractivity contribution >= 4 is 28.2 Å². The first-order valence-electron chi connectivity index (χ1n) is 5.93. The molecule has 1 aromatic carbocycles. The van der Waals surface area contributed by atoms with Crippen molar-refractivity contribution < 1.29 is 0 Å². The summed E-state index contributed by atoms with van der Waals surface area (Å²) < 4.78 is 0. The van der Waals surface area contributed by atoms with Crippen LogP contribution in [0.4, 0.5) is 5.69 Å². The molecule has 1 N–H and O–H groups in total. The van der Waals surface area contributed by atoms with Crippen molar-refractivity contribution in [1.82, 2.24) is 4.98 Å². The zero-order chi connectivity index (χ0) is 11.9. The van der Waals surface area contributed by atoms with Gasteiger partial charge in [-0.3, -0.25) is 4.98 Å². The predicted octanol–water partition coefficient (Wildman–Crippen LogP) is 3.73. The Kier molecular flexibility index (Phi) is 2.48. The van der Waals surface area contributed by atoms with Gasteiger partial charge >= 0.3 is 0 Å². The maximum atomic E-state index is 6.02. The molecule has 1 heterocycles. The molecule has 0 bridgehead atoms. The zero-order valence-electron chi connectivity index (χ0n) is 9.83. The number of fused-ring (bicyclic) bond motifs is 1. The summed E-state index contributed by atoms with van der Waals surface area (Å²) >= 11 is 6.02. The molecule has 1 aromatic heterocycles. The second-order valence-electron chi connectivity index (χ2n) is 4.87. The zero-order valence-corrected chi connectivity index (χ0v) is 10.6. The van der Waals surface area contributed by atoms with Crippen LogP contribution in [0.15, 0.2) is 30.3 Å². The van der Waals surface area contributed by atoms with Gasteiger partial charge < -0.3 is 5.32 Å². The molecule has 1 fully saturated rings. The molecule has 1 aliphatic rings. The largest absolute Gasteiger partial charge is 0.378 e. The number of para-hydroxylation sites is 1. The van der Waals surface area contributed by atoms with Gasteiger partial charge in [0, 0.05) is 22.6 Å². The summed E-state index contributed by atoms with van der Waals surface area (Å²) in [6.07, 6.45) is 2.32. The molecule has 2 nitrogen and oxygen atoms in total. The highest BCUT2D eigenvalue weighted by Gasteiger charge is 2.42. The Labute approximate surface area is 106 Å². The Morgan fingerprint density at radius 1 is 1.35 bits per heavy atom. The molecule has 17 heavy (non-hydrogen) atoms. The van der Waals surface area contributed by atoms with E-state index in [0.29, 0.717) is 5.88 Å². The number of nitrogens with one attached hydrogen (secondary N) is 1. The Morgan fingerprint density at radius 2 is 2.12 bits per heavy atom. The minimum atomic E-state index is 0.123. The number of rotatable bonds is 3. The van der Waals surface area contributed by atoms with Crippen LogP contribution < -0.4 is 5.32 Å². The molecular weight excluding hydrogens is 232 g/mol. The smallest absolute Gasteiger partial charge is 0.0725 e. The average molecular weight is 247 g/mol. The lowest BCUT2D eigenvalue weighted by Gasteiger charge is -2.17. The first kappa shape index (κ1) is 10.8. The third kappa shape index (κ3) is 1.98. The lowest BCUT2D eigenvalue weighted by molar-refractivity contribution is 0.839. The highest BCUT2D eigenvalue weighted by Crippen LogP contribution is 2.41. The Balaban J connectivity index is 2.08. The van der Waals surface area contributed by atoms with Crippen molar-refractivity contribution in [2.75, 3.05) is 11.2 Å². The number of aryl methyl sites for hydroxylation is 1. The summed E-state index contributed by atoms with van der Waals surface area (Å²) in [4.78, 5) is 4.54. The van der Waals surface area contributed by atoms with Gasteiger partial charge in [0.1, 0.15) is 0 Å². The van der Waals surface area contributed by atoms with E-state index in [1.54, 1.807) is 0 Å². The maximum Gasteiger partial charge on any atom is 0.0725 e. The summed E-state index contributed by atoms with van der Waals surface area (Å²) in [7, 11) is 0. The number of pyridine rings is 1. The summed E-state index contributed by atoms with van der Waals surface area (Å²) in [6, 6.07) is 10.3. The molecular formula is C14H15ClN2. The van der Waals surface area contributed by atoms with E-state index in [9.17, 15) is 0 Å². The SMILES string of the molecule is Cc1cc(NC2(CCl)CC2)c2ccccc2n1. The van der Waals surface area contributed by atoms with E-state index >= 15 is 0 Å². The first-order chi connectivity index (χ1) is 8.22. The van der Waals surface area contributed by atoms with E-state index in [1.807, 2.05) is 25.1 Å². The van der Waals surface area contributed by atoms with E-state index in [0.717, 1.165) is 29.7 Å². The molecule has 3 rings (SSSR count). The molecule has 1 saturated carbocycles. The molecule has 88 valence electrons. The average Bonchev–Trinajstić information content (AvgIpc) is 3.09. The van der Waals surface area contributed by atoms with E-state index in [2.05, 4.69) is 22.4 Å². The number of aromatic nitrogens is 1. The highest BCUT2D eigenvalue weighted by molar-refractivity contribution is 6.19. The maximum absolute atomic E-state index is 6.02. The summed E-state index contributed by atoms with van der Waals surface area (Å²) in [5.74, 6) is 0.669. The fraction of sp³-hybridized carbons (Fsp3) is 0.357. The highest BCUT2D eigenvalue weighted by atomic mass is 35.5. The van der Waals surface area contributed by atoms with Crippen LogP contribution in [0.25, 0.3) is 10.9 Å². The fourth-order valence-electron chi connectivity index (χ4n) is 2.14. The van der Waals surface area contributed by atoms with Crippen molar-refractivity contribution in [3.63, 3.8) is 0 Å². The van der Waals surface area contributed by atoms with Crippen LogP contribution in [0, 0.1) is 6.92 Å². The van der Waals surface area contributed by atoms with Crippen molar-refractivity contribution in [1.29, 1.82) is 0 Å². The second-order valence-corrected chi connectivity index (χ2v) is 5.13. The molecule has 0 amide bonds. The summed E-state index contributed by atoms with van der Waals surface area (Å²) in [6.45, 7) is 2.03. The van der Waals surface area contributed by atoms with Gasteiger partial charge in [0.15, 0.2) is 0 Å². The van der Waals surface area contributed by atoms with Gasteiger partial charge in [-0.05, 0) is 31.9 Å². The number of hydrogen-bond donors (Lipinski definition) is 1. The van der Waals surface area contributed by atoms with Gasteiger partial charge in [-0.25, -0.2) is 0 Å². The number of hydrogen-bond acceptors (Lipinski definition) is 2. The summed E-state index contributed by atoms with van der Waals surface area (Å²) in [5.41, 5.74) is 3.36. The molecule has 0 atom stereocenters. The van der Waals surface area contributed by atoms with E-state index in [1.165, 1.54) is 5.39 Å². The number of benzene rings is 1. The van der Waals surface area contributed by atoms with Crippen LogP contribution in [-0.2, 0) is 0 Å². The van der Waals surface area contributed by atoms with E-state index in [4.69, 9.17) is 11.6 Å². The van der Waals surface area contributed by atoms with Crippen molar-refractivity contribution in [2.45, 2.75) is 25.3 Å². The van der Waals surface area contributed by atoms with Gasteiger partial charge in [-0.2, -0.15) is 0 Å². The molecule has 0 unspecified atom stereocenters.